The van der Waals surface area contributed by atoms with Crippen LogP contribution in [0.4, 0.5) is 0 Å². The number of pyridine rings is 1. The van der Waals surface area contributed by atoms with Gasteiger partial charge in [-0.15, -0.1) is 0 Å². The summed E-state index contributed by atoms with van der Waals surface area (Å²) in [6.45, 7) is 0.0363. The second-order valence-corrected chi connectivity index (χ2v) is 7.21. The molecule has 0 aliphatic heterocycles. The first kappa shape index (κ1) is 19.1. The van der Waals surface area contributed by atoms with Crippen LogP contribution in [0.25, 0.3) is 33.1 Å². The van der Waals surface area contributed by atoms with Crippen molar-refractivity contribution < 1.29 is 9.53 Å². The summed E-state index contributed by atoms with van der Waals surface area (Å²) in [5.74, 6) is -0.474. The quantitative estimate of drug-likeness (QED) is 0.478. The molecule has 2 heterocycles. The molecule has 4 rings (SSSR count). The summed E-state index contributed by atoms with van der Waals surface area (Å²) >= 11 is 12.3. The molecule has 29 heavy (non-hydrogen) atoms. The van der Waals surface area contributed by atoms with E-state index in [1.54, 1.807) is 47.0 Å². The van der Waals surface area contributed by atoms with Crippen molar-refractivity contribution in [1.29, 1.82) is 5.26 Å². The number of methoxy groups -OCH3 is 1. The Morgan fingerprint density at radius 3 is 2.62 bits per heavy atom. The lowest BCUT2D eigenvalue weighted by Crippen LogP contribution is -2.10. The van der Waals surface area contributed by atoms with E-state index in [1.165, 1.54) is 7.11 Å². The van der Waals surface area contributed by atoms with E-state index in [-0.39, 0.29) is 12.1 Å². The van der Waals surface area contributed by atoms with Crippen molar-refractivity contribution in [2.24, 2.45) is 0 Å². The lowest BCUT2D eigenvalue weighted by molar-refractivity contribution is 0.0601. The first-order valence-electron chi connectivity index (χ1n) is 8.54. The highest BCUT2D eigenvalue weighted by atomic mass is 35.5. The van der Waals surface area contributed by atoms with E-state index < -0.39 is 5.97 Å². The summed E-state index contributed by atoms with van der Waals surface area (Å²) in [5, 5.41) is 11.4. The van der Waals surface area contributed by atoms with E-state index in [1.807, 2.05) is 0 Å². The van der Waals surface area contributed by atoms with Gasteiger partial charge in [0.15, 0.2) is 0 Å². The first-order valence-corrected chi connectivity index (χ1v) is 9.30. The van der Waals surface area contributed by atoms with Crippen LogP contribution in [-0.4, -0.2) is 22.6 Å². The minimum Gasteiger partial charge on any atom is -0.465 e. The van der Waals surface area contributed by atoms with Crippen molar-refractivity contribution in [2.75, 3.05) is 7.11 Å². The lowest BCUT2D eigenvalue weighted by atomic mass is 10.0. The van der Waals surface area contributed by atoms with Gasteiger partial charge in [-0.25, -0.2) is 4.79 Å². The van der Waals surface area contributed by atoms with Gasteiger partial charge in [-0.1, -0.05) is 29.3 Å². The Morgan fingerprint density at radius 1 is 1.14 bits per heavy atom. The topological polar surface area (TPSA) is 87.9 Å². The van der Waals surface area contributed by atoms with E-state index in [0.29, 0.717) is 48.7 Å². The van der Waals surface area contributed by atoms with Crippen LogP contribution in [0.3, 0.4) is 0 Å². The van der Waals surface area contributed by atoms with Crippen molar-refractivity contribution in [3.63, 3.8) is 0 Å². The van der Waals surface area contributed by atoms with Gasteiger partial charge in [0, 0.05) is 26.9 Å². The third-order valence-electron chi connectivity index (χ3n) is 4.74. The molecule has 0 radical (unpaired) electrons. The van der Waals surface area contributed by atoms with Gasteiger partial charge >= 0.3 is 5.97 Å². The van der Waals surface area contributed by atoms with E-state index >= 15 is 0 Å². The van der Waals surface area contributed by atoms with Gasteiger partial charge in [0.1, 0.15) is 12.2 Å². The molecule has 0 saturated carbocycles. The number of halogens is 2. The van der Waals surface area contributed by atoms with Crippen LogP contribution in [0.15, 0.2) is 47.3 Å². The van der Waals surface area contributed by atoms with Crippen LogP contribution in [0.1, 0.15) is 10.4 Å². The molecule has 8 heteroatoms. The number of fused-ring (bicyclic) bond motifs is 3. The Kier molecular flexibility index (Phi) is 4.79. The van der Waals surface area contributed by atoms with E-state index in [4.69, 9.17) is 27.9 Å². The Hall–Kier alpha value is -3.27. The second-order valence-electron chi connectivity index (χ2n) is 6.37. The van der Waals surface area contributed by atoms with Crippen LogP contribution in [0.2, 0.25) is 10.0 Å². The Bertz CT molecular complexity index is 1400. The molecule has 4 aromatic rings. The fourth-order valence-electron chi connectivity index (χ4n) is 3.43. The molecule has 2 aromatic heterocycles. The van der Waals surface area contributed by atoms with Crippen LogP contribution in [-0.2, 0) is 11.3 Å². The summed E-state index contributed by atoms with van der Waals surface area (Å²) in [6, 6.07) is 13.7. The highest BCUT2D eigenvalue weighted by Crippen LogP contribution is 2.33. The second kappa shape index (κ2) is 7.28. The maximum atomic E-state index is 12.8. The normalized spacial score (nSPS) is 11.0. The predicted octanol–water partition coefficient (Wildman–Crippen LogP) is 4.77. The molecule has 144 valence electrons. The third-order valence-corrected chi connectivity index (χ3v) is 5.29. The van der Waals surface area contributed by atoms with Crippen molar-refractivity contribution in [3.05, 3.63) is 68.4 Å². The molecule has 0 spiro atoms. The summed E-state index contributed by atoms with van der Waals surface area (Å²) in [6.07, 6.45) is 0. The van der Waals surface area contributed by atoms with Crippen molar-refractivity contribution in [3.8, 4) is 17.2 Å². The Morgan fingerprint density at radius 2 is 1.93 bits per heavy atom. The van der Waals surface area contributed by atoms with E-state index in [0.717, 1.165) is 0 Å². The number of benzene rings is 2. The molecule has 0 atom stereocenters. The number of H-pyrrole nitrogens is 1. The molecule has 0 aliphatic carbocycles. The zero-order chi connectivity index (χ0) is 20.7. The number of hydrogen-bond donors (Lipinski definition) is 1. The smallest absolute Gasteiger partial charge is 0.337 e. The predicted molar refractivity (Wildman–Crippen MR) is 112 cm³/mol. The molecule has 0 fully saturated rings. The number of aromatic nitrogens is 2. The van der Waals surface area contributed by atoms with Crippen LogP contribution < -0.4 is 5.56 Å². The molecule has 1 N–H and O–H groups in total. The summed E-state index contributed by atoms with van der Waals surface area (Å²) in [7, 11) is 1.31. The molecular formula is C21H13Cl2N3O3. The fourth-order valence-corrected chi connectivity index (χ4v) is 3.94. The van der Waals surface area contributed by atoms with Gasteiger partial charge in [-0.3, -0.25) is 4.79 Å². The van der Waals surface area contributed by atoms with Crippen molar-refractivity contribution in [1.82, 2.24) is 9.55 Å². The monoisotopic (exact) mass is 425 g/mol. The van der Waals surface area contributed by atoms with Gasteiger partial charge in [0.05, 0.1) is 29.3 Å². The first-order chi connectivity index (χ1) is 13.9. The summed E-state index contributed by atoms with van der Waals surface area (Å²) < 4.78 is 6.50. The average molecular weight is 426 g/mol. The molecule has 2 aromatic carbocycles. The summed E-state index contributed by atoms with van der Waals surface area (Å²) in [5.41, 5.74) is 2.11. The SMILES string of the molecule is COC(=O)c1ccc2c(c1)c1cc(-c3ccc(Cl)cc3Cl)c(=O)[nH]c1n2CC#N. The van der Waals surface area contributed by atoms with Gasteiger partial charge in [-0.05, 0) is 36.4 Å². The van der Waals surface area contributed by atoms with E-state index in [2.05, 4.69) is 11.1 Å². The molecule has 0 amide bonds. The van der Waals surface area contributed by atoms with Gasteiger partial charge in [-0.2, -0.15) is 5.26 Å². The number of esters is 1. The van der Waals surface area contributed by atoms with Crippen LogP contribution in [0, 0.1) is 11.3 Å². The molecule has 6 nitrogen and oxygen atoms in total. The molecule has 0 saturated heterocycles. The number of hydrogen-bond acceptors (Lipinski definition) is 4. The number of carbonyl (C=O) groups is 1. The third kappa shape index (κ3) is 3.15. The number of ether oxygens (including phenoxy) is 1. The zero-order valence-electron chi connectivity index (χ0n) is 15.1. The number of rotatable bonds is 3. The Balaban J connectivity index is 2.09. The molecule has 0 unspecified atom stereocenters. The van der Waals surface area contributed by atoms with Crippen molar-refractivity contribution in [2.45, 2.75) is 6.54 Å². The molecular weight excluding hydrogens is 413 g/mol. The summed E-state index contributed by atoms with van der Waals surface area (Å²) in [4.78, 5) is 27.6. The maximum absolute atomic E-state index is 12.8. The zero-order valence-corrected chi connectivity index (χ0v) is 16.6. The lowest BCUT2D eigenvalue weighted by Gasteiger charge is -2.06. The standard InChI is InChI=1S/C21H13Cl2N3O3/c1-29-21(28)11-2-5-18-14(8-11)15-10-16(13-4-3-12(22)9-17(13)23)20(27)25-19(15)26(18)7-6-24/h2-5,8-10H,7H2,1H3,(H,25,27). The minimum absolute atomic E-state index is 0.0363. The fraction of sp³-hybridized carbons (Fsp3) is 0.0952. The number of carbonyl (C=O) groups excluding carboxylic acids is 1. The number of nitriles is 1. The molecule has 0 aliphatic rings. The number of aromatic amines is 1. The van der Waals surface area contributed by atoms with Gasteiger partial charge < -0.3 is 14.3 Å². The molecule has 0 bridgehead atoms. The Labute approximate surface area is 174 Å². The highest BCUT2D eigenvalue weighted by molar-refractivity contribution is 6.36. The largest absolute Gasteiger partial charge is 0.465 e. The van der Waals surface area contributed by atoms with Gasteiger partial charge in [0.2, 0.25) is 0 Å². The highest BCUT2D eigenvalue weighted by Gasteiger charge is 2.18. The van der Waals surface area contributed by atoms with Crippen LogP contribution >= 0.6 is 23.2 Å². The average Bonchev–Trinajstić information content (AvgIpc) is 2.99. The van der Waals surface area contributed by atoms with Gasteiger partial charge in [0.25, 0.3) is 5.56 Å². The number of nitrogens with one attached hydrogen (secondary N) is 1. The van der Waals surface area contributed by atoms with Crippen molar-refractivity contribution >= 4 is 51.1 Å². The minimum atomic E-state index is -0.474. The van der Waals surface area contributed by atoms with Crippen LogP contribution in [0.5, 0.6) is 0 Å². The number of nitrogens with zero attached hydrogens (tertiary/aromatic N) is 2. The maximum Gasteiger partial charge on any atom is 0.337 e. The van der Waals surface area contributed by atoms with E-state index in [9.17, 15) is 14.9 Å².